The number of aromatic hydroxyl groups is 1. The number of carboxylic acids is 1. The molecule has 0 saturated heterocycles. The van der Waals surface area contributed by atoms with E-state index < -0.39 is 5.97 Å². The van der Waals surface area contributed by atoms with E-state index in [0.717, 1.165) is 0 Å². The molecule has 0 unspecified atom stereocenters. The molecule has 0 radical (unpaired) electrons. The minimum atomic E-state index is -1.09. The smallest absolute Gasteiger partial charge is 0.358 e. The van der Waals surface area contributed by atoms with Crippen LogP contribution >= 0.6 is 0 Å². The molecule has 0 bridgehead atoms. The van der Waals surface area contributed by atoms with Crippen LogP contribution in [0.3, 0.4) is 0 Å². The van der Waals surface area contributed by atoms with Gasteiger partial charge in [0.25, 0.3) is 0 Å². The fourth-order valence-corrected chi connectivity index (χ4v) is 1.59. The molecule has 0 amide bonds. The number of aromatic nitrogens is 3. The third-order valence-electron chi connectivity index (χ3n) is 2.39. The Hall–Kier alpha value is -2.37. The predicted octanol–water partition coefficient (Wildman–Crippen LogP) is 1.23. The molecule has 1 aromatic carbocycles. The number of hydrogen-bond donors (Lipinski definition) is 2. The number of nitrogens with zero attached hydrogens (tertiary/aromatic N) is 3. The Balaban J connectivity index is 2.52. The number of benzene rings is 1. The van der Waals surface area contributed by atoms with Crippen molar-refractivity contribution in [3.8, 4) is 11.4 Å². The highest BCUT2D eigenvalue weighted by Crippen LogP contribution is 2.16. The first-order valence-electron chi connectivity index (χ1n) is 5.10. The average molecular weight is 233 g/mol. The van der Waals surface area contributed by atoms with Crippen LogP contribution in [-0.2, 0) is 6.42 Å². The summed E-state index contributed by atoms with van der Waals surface area (Å²) < 4.78 is 1.46. The molecule has 6 heteroatoms. The molecule has 2 N–H and O–H groups in total. The van der Waals surface area contributed by atoms with Gasteiger partial charge in [0, 0.05) is 0 Å². The zero-order valence-corrected chi connectivity index (χ0v) is 9.16. The van der Waals surface area contributed by atoms with Crippen molar-refractivity contribution in [1.82, 2.24) is 15.0 Å². The van der Waals surface area contributed by atoms with Gasteiger partial charge in [0.1, 0.15) is 5.75 Å². The van der Waals surface area contributed by atoms with Crippen LogP contribution in [0.25, 0.3) is 5.69 Å². The molecule has 0 spiro atoms. The number of carbonyl (C=O) groups is 1. The van der Waals surface area contributed by atoms with Gasteiger partial charge in [-0.15, -0.1) is 5.10 Å². The van der Waals surface area contributed by atoms with Gasteiger partial charge in [0.2, 0.25) is 0 Å². The lowest BCUT2D eigenvalue weighted by atomic mass is 10.2. The zero-order chi connectivity index (χ0) is 12.4. The monoisotopic (exact) mass is 233 g/mol. The summed E-state index contributed by atoms with van der Waals surface area (Å²) in [5.74, 6) is -0.947. The number of rotatable bonds is 3. The number of aromatic carboxylic acids is 1. The highest BCUT2D eigenvalue weighted by Gasteiger charge is 2.18. The van der Waals surface area contributed by atoms with Gasteiger partial charge in [0.05, 0.1) is 11.4 Å². The standard InChI is InChI=1S/C11H11N3O3/c1-2-9-10(11(16)17)12-13-14(9)7-3-5-8(15)6-4-7/h3-6,15H,2H2,1H3,(H,16,17). The molecule has 1 aromatic heterocycles. The largest absolute Gasteiger partial charge is 0.508 e. The van der Waals surface area contributed by atoms with Crippen molar-refractivity contribution in [3.05, 3.63) is 35.7 Å². The summed E-state index contributed by atoms with van der Waals surface area (Å²) in [6.45, 7) is 1.84. The SMILES string of the molecule is CCc1c(C(=O)O)nnn1-c1ccc(O)cc1. The van der Waals surface area contributed by atoms with Crippen LogP contribution < -0.4 is 0 Å². The highest BCUT2D eigenvalue weighted by molar-refractivity contribution is 5.86. The van der Waals surface area contributed by atoms with Crippen molar-refractivity contribution in [1.29, 1.82) is 0 Å². The van der Waals surface area contributed by atoms with Gasteiger partial charge < -0.3 is 10.2 Å². The molecule has 0 fully saturated rings. The molecule has 2 rings (SSSR count). The molecule has 0 aliphatic rings. The first-order chi connectivity index (χ1) is 8.13. The number of phenolic OH excluding ortho intramolecular Hbond substituents is 1. The van der Waals surface area contributed by atoms with E-state index in [9.17, 15) is 9.90 Å². The van der Waals surface area contributed by atoms with Crippen molar-refractivity contribution >= 4 is 5.97 Å². The summed E-state index contributed by atoms with van der Waals surface area (Å²) >= 11 is 0. The van der Waals surface area contributed by atoms with E-state index in [1.165, 1.54) is 16.8 Å². The van der Waals surface area contributed by atoms with Crippen LogP contribution in [0.2, 0.25) is 0 Å². The van der Waals surface area contributed by atoms with E-state index in [0.29, 0.717) is 17.8 Å². The lowest BCUT2D eigenvalue weighted by Crippen LogP contribution is -2.05. The van der Waals surface area contributed by atoms with Crippen molar-refractivity contribution < 1.29 is 15.0 Å². The maximum atomic E-state index is 10.9. The third kappa shape index (κ3) is 1.96. The molecule has 1 heterocycles. The molecule has 17 heavy (non-hydrogen) atoms. The van der Waals surface area contributed by atoms with Crippen molar-refractivity contribution in [2.45, 2.75) is 13.3 Å². The Kier molecular flexibility index (Phi) is 2.78. The van der Waals surface area contributed by atoms with Gasteiger partial charge in [-0.3, -0.25) is 0 Å². The Morgan fingerprint density at radius 2 is 2.00 bits per heavy atom. The van der Waals surface area contributed by atoms with Crippen LogP contribution in [0, 0.1) is 0 Å². The maximum absolute atomic E-state index is 10.9. The molecule has 0 aliphatic heterocycles. The van der Waals surface area contributed by atoms with E-state index in [1.807, 2.05) is 6.92 Å². The predicted molar refractivity (Wildman–Crippen MR) is 59.4 cm³/mol. The molecule has 88 valence electrons. The molecule has 0 atom stereocenters. The van der Waals surface area contributed by atoms with Crippen molar-refractivity contribution in [2.75, 3.05) is 0 Å². The van der Waals surface area contributed by atoms with Crippen LogP contribution in [0.1, 0.15) is 23.1 Å². The Labute approximate surface area is 97.1 Å². The quantitative estimate of drug-likeness (QED) is 0.832. The van der Waals surface area contributed by atoms with E-state index in [4.69, 9.17) is 5.11 Å². The topological polar surface area (TPSA) is 88.2 Å². The third-order valence-corrected chi connectivity index (χ3v) is 2.39. The highest BCUT2D eigenvalue weighted by atomic mass is 16.4. The molecule has 0 aliphatic carbocycles. The summed E-state index contributed by atoms with van der Waals surface area (Å²) in [5.41, 5.74) is 1.16. The molecule has 0 saturated carbocycles. The summed E-state index contributed by atoms with van der Waals surface area (Å²) in [7, 11) is 0. The van der Waals surface area contributed by atoms with Crippen LogP contribution in [0.5, 0.6) is 5.75 Å². The van der Waals surface area contributed by atoms with Gasteiger partial charge in [-0.1, -0.05) is 12.1 Å². The second kappa shape index (κ2) is 4.25. The van der Waals surface area contributed by atoms with E-state index in [-0.39, 0.29) is 11.4 Å². The summed E-state index contributed by atoms with van der Waals surface area (Å²) in [5, 5.41) is 25.6. The summed E-state index contributed by atoms with van der Waals surface area (Å²) in [6.07, 6.45) is 0.509. The van der Waals surface area contributed by atoms with Crippen LogP contribution in [0.4, 0.5) is 0 Å². The summed E-state index contributed by atoms with van der Waals surface area (Å²) in [4.78, 5) is 10.9. The first-order valence-corrected chi connectivity index (χ1v) is 5.10. The van der Waals surface area contributed by atoms with Gasteiger partial charge in [0.15, 0.2) is 5.69 Å². The summed E-state index contributed by atoms with van der Waals surface area (Å²) in [6, 6.07) is 6.32. The van der Waals surface area contributed by atoms with Gasteiger partial charge in [-0.2, -0.15) is 0 Å². The van der Waals surface area contributed by atoms with Gasteiger partial charge in [-0.25, -0.2) is 9.48 Å². The average Bonchev–Trinajstić information content (AvgIpc) is 2.73. The maximum Gasteiger partial charge on any atom is 0.358 e. The van der Waals surface area contributed by atoms with Gasteiger partial charge in [-0.05, 0) is 30.7 Å². The fourth-order valence-electron chi connectivity index (χ4n) is 1.59. The van der Waals surface area contributed by atoms with E-state index >= 15 is 0 Å². The number of phenols is 1. The molecule has 2 aromatic rings. The normalized spacial score (nSPS) is 10.4. The van der Waals surface area contributed by atoms with E-state index in [2.05, 4.69) is 10.3 Å². The fraction of sp³-hybridized carbons (Fsp3) is 0.182. The lowest BCUT2D eigenvalue weighted by molar-refractivity contribution is 0.0689. The van der Waals surface area contributed by atoms with E-state index in [1.54, 1.807) is 12.1 Å². The minimum Gasteiger partial charge on any atom is -0.508 e. The van der Waals surface area contributed by atoms with Crippen LogP contribution in [-0.4, -0.2) is 31.2 Å². The minimum absolute atomic E-state index is 0.0411. The first kappa shape index (κ1) is 11.1. The Morgan fingerprint density at radius 3 is 2.53 bits per heavy atom. The molecular weight excluding hydrogens is 222 g/mol. The van der Waals surface area contributed by atoms with Crippen molar-refractivity contribution in [3.63, 3.8) is 0 Å². The second-order valence-corrected chi connectivity index (χ2v) is 3.47. The number of hydrogen-bond acceptors (Lipinski definition) is 4. The second-order valence-electron chi connectivity index (χ2n) is 3.47. The van der Waals surface area contributed by atoms with Crippen LogP contribution in [0.15, 0.2) is 24.3 Å². The molecular formula is C11H11N3O3. The number of carboxylic acid groups (broad SMARTS) is 1. The zero-order valence-electron chi connectivity index (χ0n) is 9.16. The Morgan fingerprint density at radius 1 is 1.35 bits per heavy atom. The van der Waals surface area contributed by atoms with Gasteiger partial charge >= 0.3 is 5.97 Å². The van der Waals surface area contributed by atoms with Crippen molar-refractivity contribution in [2.24, 2.45) is 0 Å². The Bertz CT molecular complexity index is 546. The molecule has 6 nitrogen and oxygen atoms in total. The lowest BCUT2D eigenvalue weighted by Gasteiger charge is -2.04.